The average molecular weight is 249 g/mol. The van der Waals surface area contributed by atoms with Crippen LogP contribution in [0.3, 0.4) is 0 Å². The Bertz CT molecular complexity index is 494. The Hall–Kier alpha value is -1.93. The number of nitriles is 1. The molecular formula is C13H16FN3O. The molecule has 0 bridgehead atoms. The third-order valence-electron chi connectivity index (χ3n) is 2.68. The number of nitrogens with one attached hydrogen (secondary N) is 1. The lowest BCUT2D eigenvalue weighted by molar-refractivity contribution is -0.116. The van der Waals surface area contributed by atoms with Crippen molar-refractivity contribution in [2.45, 2.75) is 20.3 Å². The van der Waals surface area contributed by atoms with Crippen molar-refractivity contribution in [3.05, 3.63) is 29.1 Å². The molecule has 96 valence electrons. The largest absolute Gasteiger partial charge is 0.330 e. The summed E-state index contributed by atoms with van der Waals surface area (Å²) in [6, 6.07) is 4.46. The highest BCUT2D eigenvalue weighted by Gasteiger charge is 2.12. The monoisotopic (exact) mass is 249 g/mol. The van der Waals surface area contributed by atoms with Crippen molar-refractivity contribution < 1.29 is 9.18 Å². The Balaban J connectivity index is 2.88. The quantitative estimate of drug-likeness (QED) is 0.855. The molecule has 0 aliphatic heterocycles. The van der Waals surface area contributed by atoms with Gasteiger partial charge < -0.3 is 11.1 Å². The number of carbonyl (C=O) groups excluding carboxylic acids is 1. The van der Waals surface area contributed by atoms with Gasteiger partial charge in [-0.05, 0) is 31.5 Å². The van der Waals surface area contributed by atoms with E-state index in [9.17, 15) is 9.18 Å². The smallest absolute Gasteiger partial charge is 0.224 e. The first-order valence-electron chi connectivity index (χ1n) is 5.68. The summed E-state index contributed by atoms with van der Waals surface area (Å²) in [6.45, 7) is 3.83. The molecule has 0 saturated carbocycles. The van der Waals surface area contributed by atoms with Crippen LogP contribution >= 0.6 is 0 Å². The topological polar surface area (TPSA) is 78.9 Å². The summed E-state index contributed by atoms with van der Waals surface area (Å²) in [6.07, 6.45) is 0.272. The van der Waals surface area contributed by atoms with Crippen molar-refractivity contribution in [3.8, 4) is 6.07 Å². The molecule has 1 aromatic rings. The van der Waals surface area contributed by atoms with E-state index < -0.39 is 5.82 Å². The van der Waals surface area contributed by atoms with Crippen molar-refractivity contribution in [2.24, 2.45) is 11.7 Å². The van der Waals surface area contributed by atoms with Crippen LogP contribution < -0.4 is 11.1 Å². The Labute approximate surface area is 106 Å². The maximum atomic E-state index is 13.5. The van der Waals surface area contributed by atoms with E-state index in [0.717, 1.165) is 6.07 Å². The number of nitrogens with zero attached hydrogens (tertiary/aromatic N) is 1. The second-order valence-electron chi connectivity index (χ2n) is 4.34. The fourth-order valence-corrected chi connectivity index (χ4v) is 1.47. The predicted octanol–water partition coefficient (Wildman–Crippen LogP) is 1.93. The van der Waals surface area contributed by atoms with Gasteiger partial charge in [0.25, 0.3) is 0 Å². The molecule has 4 nitrogen and oxygen atoms in total. The molecule has 3 N–H and O–H groups in total. The zero-order valence-corrected chi connectivity index (χ0v) is 10.5. The lowest BCUT2D eigenvalue weighted by Gasteiger charge is -2.12. The van der Waals surface area contributed by atoms with Crippen LogP contribution in [0.4, 0.5) is 10.1 Å². The highest BCUT2D eigenvalue weighted by molar-refractivity contribution is 5.91. The second kappa shape index (κ2) is 6.12. The van der Waals surface area contributed by atoms with Gasteiger partial charge in [-0.25, -0.2) is 4.39 Å². The van der Waals surface area contributed by atoms with Crippen LogP contribution in [0.25, 0.3) is 0 Å². The van der Waals surface area contributed by atoms with E-state index >= 15 is 0 Å². The molecule has 18 heavy (non-hydrogen) atoms. The van der Waals surface area contributed by atoms with E-state index in [0.29, 0.717) is 17.8 Å². The van der Waals surface area contributed by atoms with E-state index in [4.69, 9.17) is 11.0 Å². The number of hydrogen-bond acceptors (Lipinski definition) is 3. The van der Waals surface area contributed by atoms with Gasteiger partial charge in [0.2, 0.25) is 5.91 Å². The molecule has 1 atom stereocenters. The molecule has 0 aliphatic carbocycles. The molecule has 0 spiro atoms. The SMILES string of the molecule is Cc1c(F)cc(C#N)cc1NC(=O)CC(C)CN. The molecule has 0 saturated heterocycles. The van der Waals surface area contributed by atoms with E-state index in [-0.39, 0.29) is 23.8 Å². The Morgan fingerprint density at radius 3 is 2.83 bits per heavy atom. The van der Waals surface area contributed by atoms with E-state index in [1.165, 1.54) is 6.07 Å². The van der Waals surface area contributed by atoms with Crippen LogP contribution in [0.15, 0.2) is 12.1 Å². The zero-order chi connectivity index (χ0) is 13.7. The highest BCUT2D eigenvalue weighted by Crippen LogP contribution is 2.20. The van der Waals surface area contributed by atoms with Gasteiger partial charge in [0.1, 0.15) is 5.82 Å². The highest BCUT2D eigenvalue weighted by atomic mass is 19.1. The van der Waals surface area contributed by atoms with Gasteiger partial charge in [0.05, 0.1) is 11.6 Å². The number of benzene rings is 1. The van der Waals surface area contributed by atoms with Crippen LogP contribution in [-0.4, -0.2) is 12.5 Å². The first-order valence-corrected chi connectivity index (χ1v) is 5.68. The molecule has 0 heterocycles. The van der Waals surface area contributed by atoms with Gasteiger partial charge in [-0.2, -0.15) is 5.26 Å². The maximum Gasteiger partial charge on any atom is 0.224 e. The Morgan fingerprint density at radius 1 is 1.61 bits per heavy atom. The van der Waals surface area contributed by atoms with Gasteiger partial charge in [-0.3, -0.25) is 4.79 Å². The van der Waals surface area contributed by atoms with Crippen LogP contribution in [0.1, 0.15) is 24.5 Å². The maximum absolute atomic E-state index is 13.5. The number of rotatable bonds is 4. The molecular weight excluding hydrogens is 233 g/mol. The number of amides is 1. The van der Waals surface area contributed by atoms with Gasteiger partial charge in [-0.15, -0.1) is 0 Å². The van der Waals surface area contributed by atoms with E-state index in [1.807, 2.05) is 13.0 Å². The normalized spacial score (nSPS) is 11.7. The second-order valence-corrected chi connectivity index (χ2v) is 4.34. The molecule has 0 radical (unpaired) electrons. The summed E-state index contributed by atoms with van der Waals surface area (Å²) in [4.78, 5) is 11.7. The lowest BCUT2D eigenvalue weighted by atomic mass is 10.1. The number of anilines is 1. The number of hydrogen-bond donors (Lipinski definition) is 2. The molecule has 0 aromatic heterocycles. The Morgan fingerprint density at radius 2 is 2.28 bits per heavy atom. The molecule has 0 fully saturated rings. The fraction of sp³-hybridized carbons (Fsp3) is 0.385. The van der Waals surface area contributed by atoms with E-state index in [1.54, 1.807) is 6.92 Å². The number of halogens is 1. The van der Waals surface area contributed by atoms with Crippen molar-refractivity contribution in [3.63, 3.8) is 0 Å². The number of carbonyl (C=O) groups is 1. The summed E-state index contributed by atoms with van der Waals surface area (Å²) in [5.74, 6) is -0.670. The fourth-order valence-electron chi connectivity index (χ4n) is 1.47. The molecule has 1 rings (SSSR count). The number of nitrogens with two attached hydrogens (primary N) is 1. The molecule has 5 heteroatoms. The van der Waals surface area contributed by atoms with Gasteiger partial charge in [0, 0.05) is 17.7 Å². The third-order valence-corrected chi connectivity index (χ3v) is 2.68. The Kier molecular flexibility index (Phi) is 4.81. The van der Waals surface area contributed by atoms with Crippen LogP contribution in [0.2, 0.25) is 0 Å². The summed E-state index contributed by atoms with van der Waals surface area (Å²) in [5, 5.41) is 11.4. The standard InChI is InChI=1S/C13H16FN3O/c1-8(6-15)3-13(18)17-12-5-10(7-16)4-11(14)9(12)2/h4-5,8H,3,6,15H2,1-2H3,(H,17,18). The van der Waals surface area contributed by atoms with Crippen molar-refractivity contribution >= 4 is 11.6 Å². The summed E-state index contributed by atoms with van der Waals surface area (Å²) in [7, 11) is 0. The van der Waals surface area contributed by atoms with Crippen molar-refractivity contribution in [1.82, 2.24) is 0 Å². The third kappa shape index (κ3) is 3.54. The molecule has 0 aliphatic rings. The minimum atomic E-state index is -0.503. The summed E-state index contributed by atoms with van der Waals surface area (Å²) in [5.41, 5.74) is 6.27. The van der Waals surface area contributed by atoms with Gasteiger partial charge in [0.15, 0.2) is 0 Å². The van der Waals surface area contributed by atoms with Gasteiger partial charge in [-0.1, -0.05) is 6.92 Å². The first kappa shape index (κ1) is 14.1. The van der Waals surface area contributed by atoms with Crippen LogP contribution in [-0.2, 0) is 4.79 Å². The zero-order valence-electron chi connectivity index (χ0n) is 10.5. The lowest BCUT2D eigenvalue weighted by Crippen LogP contribution is -2.20. The minimum Gasteiger partial charge on any atom is -0.330 e. The van der Waals surface area contributed by atoms with E-state index in [2.05, 4.69) is 5.32 Å². The van der Waals surface area contributed by atoms with Crippen molar-refractivity contribution in [2.75, 3.05) is 11.9 Å². The first-order chi connectivity index (χ1) is 8.47. The van der Waals surface area contributed by atoms with Crippen LogP contribution in [0, 0.1) is 30.0 Å². The minimum absolute atomic E-state index is 0.0642. The molecule has 1 unspecified atom stereocenters. The van der Waals surface area contributed by atoms with Crippen LogP contribution in [0.5, 0.6) is 0 Å². The van der Waals surface area contributed by atoms with Gasteiger partial charge >= 0.3 is 0 Å². The molecule has 1 amide bonds. The summed E-state index contributed by atoms with van der Waals surface area (Å²) >= 11 is 0. The predicted molar refractivity (Wildman–Crippen MR) is 67.3 cm³/mol. The van der Waals surface area contributed by atoms with Crippen molar-refractivity contribution in [1.29, 1.82) is 5.26 Å². The molecule has 1 aromatic carbocycles. The summed E-state index contributed by atoms with van der Waals surface area (Å²) < 4.78 is 13.5. The average Bonchev–Trinajstić information content (AvgIpc) is 2.34.